The van der Waals surface area contributed by atoms with Gasteiger partial charge in [-0.15, -0.1) is 0 Å². The number of para-hydroxylation sites is 1. The second kappa shape index (κ2) is 11.5. The number of aryl methyl sites for hydroxylation is 3. The summed E-state index contributed by atoms with van der Waals surface area (Å²) in [6.07, 6.45) is 8.38. The SMILES string of the molecule is Cc1ccccc1-c1cc(C(=O)N2CCN(c3nccc4c3C=CCC4)CC2)cc2c1CNC(=O)N2c1c(C)cccc1Cl. The van der Waals surface area contributed by atoms with Crippen LogP contribution in [0.5, 0.6) is 0 Å². The first-order valence-corrected chi connectivity index (χ1v) is 15.5. The normalized spacial score (nSPS) is 16.0. The van der Waals surface area contributed by atoms with Crippen molar-refractivity contribution in [2.75, 3.05) is 36.0 Å². The molecule has 1 aromatic heterocycles. The average molecular weight is 604 g/mol. The van der Waals surface area contributed by atoms with Crippen molar-refractivity contribution in [3.63, 3.8) is 0 Å². The van der Waals surface area contributed by atoms with E-state index in [0.717, 1.165) is 46.5 Å². The summed E-state index contributed by atoms with van der Waals surface area (Å²) in [7, 11) is 0. The van der Waals surface area contributed by atoms with Crippen LogP contribution >= 0.6 is 11.6 Å². The molecule has 3 heterocycles. The third-order valence-electron chi connectivity index (χ3n) is 8.97. The fraction of sp³-hybridized carbons (Fsp3) is 0.250. The molecule has 7 rings (SSSR count). The minimum absolute atomic E-state index is 0.0490. The Hall–Kier alpha value is -4.62. The monoisotopic (exact) mass is 603 g/mol. The van der Waals surface area contributed by atoms with Gasteiger partial charge < -0.3 is 15.1 Å². The molecule has 3 amide bonds. The summed E-state index contributed by atoms with van der Waals surface area (Å²) < 4.78 is 0. The van der Waals surface area contributed by atoms with Gasteiger partial charge in [0.05, 0.1) is 16.4 Å². The number of halogens is 1. The molecule has 44 heavy (non-hydrogen) atoms. The molecule has 2 aliphatic heterocycles. The van der Waals surface area contributed by atoms with E-state index in [4.69, 9.17) is 16.6 Å². The number of carbonyl (C=O) groups excluding carboxylic acids is 2. The fourth-order valence-electron chi connectivity index (χ4n) is 6.66. The molecule has 222 valence electrons. The lowest BCUT2D eigenvalue weighted by atomic mass is 9.91. The van der Waals surface area contributed by atoms with Crippen LogP contribution in [0.4, 0.5) is 22.0 Å². The molecule has 1 aliphatic carbocycles. The first-order valence-electron chi connectivity index (χ1n) is 15.2. The highest BCUT2D eigenvalue weighted by Gasteiger charge is 2.33. The van der Waals surface area contributed by atoms with Gasteiger partial charge in [0, 0.05) is 55.6 Å². The standard InChI is InChI=1S/C36H34ClN5O2/c1-23-8-3-5-11-27(23)29-20-26(21-32-30(29)22-39-36(44)42(32)33-24(2)9-7-13-31(33)37)35(43)41-18-16-40(17-19-41)34-28-12-6-4-10-25(28)14-15-38-34/h3,5-9,11-15,20-21H,4,10,16-19,22H2,1-2H3,(H,39,44). The maximum atomic E-state index is 14.2. The number of amides is 3. The number of fused-ring (bicyclic) bond motifs is 2. The molecule has 0 spiro atoms. The number of anilines is 3. The van der Waals surface area contributed by atoms with E-state index < -0.39 is 0 Å². The molecule has 1 fully saturated rings. The van der Waals surface area contributed by atoms with Gasteiger partial charge in [0.25, 0.3) is 5.91 Å². The Morgan fingerprint density at radius 3 is 2.52 bits per heavy atom. The van der Waals surface area contributed by atoms with Crippen LogP contribution in [0.3, 0.4) is 0 Å². The Labute approximate surface area is 262 Å². The number of hydrogen-bond donors (Lipinski definition) is 1. The smallest absolute Gasteiger partial charge is 0.326 e. The first-order chi connectivity index (χ1) is 21.4. The summed E-state index contributed by atoms with van der Waals surface area (Å²) in [6.45, 7) is 6.93. The van der Waals surface area contributed by atoms with Crippen molar-refractivity contribution < 1.29 is 9.59 Å². The Morgan fingerprint density at radius 2 is 1.73 bits per heavy atom. The number of nitrogens with zero attached hydrogens (tertiary/aromatic N) is 4. The quantitative estimate of drug-likeness (QED) is 0.266. The molecule has 0 radical (unpaired) electrons. The van der Waals surface area contributed by atoms with Crippen LogP contribution in [-0.4, -0.2) is 48.0 Å². The molecule has 1 saturated heterocycles. The second-order valence-electron chi connectivity index (χ2n) is 11.7. The summed E-state index contributed by atoms with van der Waals surface area (Å²) in [4.78, 5) is 38.3. The van der Waals surface area contributed by atoms with E-state index >= 15 is 0 Å². The zero-order valence-electron chi connectivity index (χ0n) is 24.9. The number of rotatable bonds is 4. The van der Waals surface area contributed by atoms with Crippen molar-refractivity contribution in [1.82, 2.24) is 15.2 Å². The van der Waals surface area contributed by atoms with Crippen molar-refractivity contribution in [3.8, 4) is 11.1 Å². The zero-order valence-corrected chi connectivity index (χ0v) is 25.7. The van der Waals surface area contributed by atoms with Crippen LogP contribution in [0.2, 0.25) is 5.02 Å². The number of urea groups is 1. The minimum atomic E-state index is -0.268. The number of pyridine rings is 1. The summed E-state index contributed by atoms with van der Waals surface area (Å²) in [5, 5.41) is 3.52. The molecular weight excluding hydrogens is 570 g/mol. The topological polar surface area (TPSA) is 68.8 Å². The van der Waals surface area contributed by atoms with Gasteiger partial charge in [0.1, 0.15) is 5.82 Å². The van der Waals surface area contributed by atoms with Gasteiger partial charge in [0.2, 0.25) is 0 Å². The number of aromatic nitrogens is 1. The lowest BCUT2D eigenvalue weighted by molar-refractivity contribution is 0.0746. The van der Waals surface area contributed by atoms with Crippen LogP contribution in [-0.2, 0) is 13.0 Å². The Morgan fingerprint density at radius 1 is 0.932 bits per heavy atom. The maximum absolute atomic E-state index is 14.2. The number of allylic oxidation sites excluding steroid dienone is 1. The van der Waals surface area contributed by atoms with Crippen molar-refractivity contribution in [2.24, 2.45) is 0 Å². The van der Waals surface area contributed by atoms with Crippen LogP contribution in [0.1, 0.15) is 44.6 Å². The zero-order chi connectivity index (χ0) is 30.4. The highest BCUT2D eigenvalue weighted by atomic mass is 35.5. The first kappa shape index (κ1) is 28.2. The van der Waals surface area contributed by atoms with Crippen LogP contribution in [0.25, 0.3) is 17.2 Å². The minimum Gasteiger partial charge on any atom is -0.353 e. The molecule has 0 atom stereocenters. The third-order valence-corrected chi connectivity index (χ3v) is 9.28. The van der Waals surface area contributed by atoms with E-state index in [-0.39, 0.29) is 11.9 Å². The lowest BCUT2D eigenvalue weighted by Crippen LogP contribution is -2.49. The highest BCUT2D eigenvalue weighted by Crippen LogP contribution is 2.43. The van der Waals surface area contributed by atoms with Crippen molar-refractivity contribution in [1.29, 1.82) is 0 Å². The summed E-state index contributed by atoms with van der Waals surface area (Å²) in [5.74, 6) is 0.949. The number of benzene rings is 3. The van der Waals surface area contributed by atoms with Gasteiger partial charge in [-0.05, 0) is 78.8 Å². The van der Waals surface area contributed by atoms with Gasteiger partial charge in [-0.2, -0.15) is 0 Å². The van der Waals surface area contributed by atoms with Gasteiger partial charge >= 0.3 is 6.03 Å². The molecule has 4 aromatic rings. The summed E-state index contributed by atoms with van der Waals surface area (Å²) in [5.41, 5.74) is 9.27. The number of nitrogens with one attached hydrogen (secondary N) is 1. The van der Waals surface area contributed by atoms with Gasteiger partial charge in [-0.3, -0.25) is 9.69 Å². The molecule has 8 heteroatoms. The van der Waals surface area contributed by atoms with E-state index in [9.17, 15) is 9.59 Å². The van der Waals surface area contributed by atoms with Crippen LogP contribution in [0, 0.1) is 13.8 Å². The van der Waals surface area contributed by atoms with E-state index in [0.29, 0.717) is 54.7 Å². The van der Waals surface area contributed by atoms with E-state index in [2.05, 4.69) is 47.5 Å². The summed E-state index contributed by atoms with van der Waals surface area (Å²) in [6, 6.07) is 19.5. The molecular formula is C36H34ClN5O2. The Balaban J connectivity index is 1.26. The van der Waals surface area contributed by atoms with E-state index in [1.807, 2.05) is 54.4 Å². The Kier molecular flexibility index (Phi) is 7.34. The average Bonchev–Trinajstić information content (AvgIpc) is 3.05. The van der Waals surface area contributed by atoms with Crippen LogP contribution in [0.15, 0.2) is 72.9 Å². The molecule has 0 saturated carbocycles. The summed E-state index contributed by atoms with van der Waals surface area (Å²) >= 11 is 6.70. The van der Waals surface area contributed by atoms with Gasteiger partial charge in [-0.25, -0.2) is 9.78 Å². The fourth-order valence-corrected chi connectivity index (χ4v) is 6.96. The highest BCUT2D eigenvalue weighted by molar-refractivity contribution is 6.34. The molecule has 0 bridgehead atoms. The van der Waals surface area contributed by atoms with Gasteiger partial charge in [0.15, 0.2) is 0 Å². The molecule has 7 nitrogen and oxygen atoms in total. The van der Waals surface area contributed by atoms with E-state index in [1.165, 1.54) is 11.1 Å². The predicted octanol–water partition coefficient (Wildman–Crippen LogP) is 7.30. The molecule has 3 aliphatic rings. The van der Waals surface area contributed by atoms with Crippen molar-refractivity contribution >= 4 is 46.8 Å². The Bertz CT molecular complexity index is 1810. The maximum Gasteiger partial charge on any atom is 0.326 e. The van der Waals surface area contributed by atoms with Crippen molar-refractivity contribution in [3.05, 3.63) is 111 Å². The number of carbonyl (C=O) groups is 2. The second-order valence-corrected chi connectivity index (χ2v) is 12.1. The van der Waals surface area contributed by atoms with Gasteiger partial charge in [-0.1, -0.05) is 60.2 Å². The van der Waals surface area contributed by atoms with E-state index in [1.54, 1.807) is 11.0 Å². The molecule has 3 aromatic carbocycles. The third kappa shape index (κ3) is 4.91. The van der Waals surface area contributed by atoms with Crippen LogP contribution < -0.4 is 15.1 Å². The molecule has 0 unspecified atom stereocenters. The van der Waals surface area contributed by atoms with Crippen molar-refractivity contribution in [2.45, 2.75) is 33.2 Å². The lowest BCUT2D eigenvalue weighted by Gasteiger charge is -2.37. The number of piperazine rings is 1. The largest absolute Gasteiger partial charge is 0.353 e. The number of hydrogen-bond acceptors (Lipinski definition) is 4. The predicted molar refractivity (Wildman–Crippen MR) is 177 cm³/mol. The molecule has 1 N–H and O–H groups in total.